The van der Waals surface area contributed by atoms with Crippen LogP contribution in [0.5, 0.6) is 0 Å². The highest BCUT2D eigenvalue weighted by Gasteiger charge is 2.22. The second-order valence-corrected chi connectivity index (χ2v) is 14.1. The Balaban J connectivity index is 1.88. The van der Waals surface area contributed by atoms with Crippen LogP contribution in [-0.2, 0) is 0 Å². The summed E-state index contributed by atoms with van der Waals surface area (Å²) in [5.41, 5.74) is 10.7. The summed E-state index contributed by atoms with van der Waals surface area (Å²) in [5.74, 6) is 1.95. The van der Waals surface area contributed by atoms with Crippen molar-refractivity contribution in [2.45, 2.75) is 119 Å². The number of carbonyl (C=O) groups is 2. The Hall–Kier alpha value is -3.52. The lowest BCUT2D eigenvalue weighted by Gasteiger charge is -2.21. The van der Waals surface area contributed by atoms with Crippen LogP contribution in [0.15, 0.2) is 60.7 Å². The summed E-state index contributed by atoms with van der Waals surface area (Å²) in [6.45, 7) is 26.1. The Kier molecular flexibility index (Phi) is 11.9. The van der Waals surface area contributed by atoms with Gasteiger partial charge < -0.3 is 0 Å². The maximum atomic E-state index is 13.6. The molecule has 0 aromatic heterocycles. The largest absolute Gasteiger partial charge is 0.289 e. The van der Waals surface area contributed by atoms with Crippen molar-refractivity contribution in [2.75, 3.05) is 0 Å². The van der Waals surface area contributed by atoms with Gasteiger partial charge in [0.2, 0.25) is 0 Å². The molecule has 0 fully saturated rings. The number of rotatable bonds is 12. The fourth-order valence-electron chi connectivity index (χ4n) is 5.71. The van der Waals surface area contributed by atoms with Crippen molar-refractivity contribution in [1.29, 1.82) is 0 Å². The van der Waals surface area contributed by atoms with Gasteiger partial charge in [-0.05, 0) is 92.2 Å². The van der Waals surface area contributed by atoms with Crippen LogP contribution in [0.2, 0.25) is 0 Å². The first-order valence-corrected chi connectivity index (χ1v) is 16.5. The van der Waals surface area contributed by atoms with Crippen molar-refractivity contribution in [1.82, 2.24) is 0 Å². The second kappa shape index (κ2) is 15.0. The highest BCUT2D eigenvalue weighted by molar-refractivity contribution is 6.10. The molecule has 2 heteroatoms. The molecule has 44 heavy (non-hydrogen) atoms. The molecule has 0 amide bonds. The molecule has 234 valence electrons. The van der Waals surface area contributed by atoms with E-state index in [1.54, 1.807) is 12.2 Å². The van der Waals surface area contributed by atoms with Gasteiger partial charge in [0, 0.05) is 11.1 Å². The third-order valence-electron chi connectivity index (χ3n) is 8.55. The van der Waals surface area contributed by atoms with Crippen molar-refractivity contribution in [3.63, 3.8) is 0 Å². The van der Waals surface area contributed by atoms with Gasteiger partial charge in [0.15, 0.2) is 11.6 Å². The zero-order valence-electron chi connectivity index (χ0n) is 29.2. The minimum atomic E-state index is 0.0488. The molecule has 3 aromatic rings. The number of benzene rings is 3. The SMILES string of the molecule is CC(C)c1cc(C(C)C)c(C(=O)C=Cc2ccc(C=CC(=O)c3c(C(C)C)cc(C(C)C)cc3C(C)C)cc2)c(C(C)C)c1. The maximum absolute atomic E-state index is 13.6. The van der Waals surface area contributed by atoms with E-state index in [1.165, 1.54) is 11.1 Å². The zero-order valence-corrected chi connectivity index (χ0v) is 29.2. The van der Waals surface area contributed by atoms with E-state index >= 15 is 0 Å². The first-order chi connectivity index (χ1) is 20.6. The zero-order chi connectivity index (χ0) is 32.9. The predicted octanol–water partition coefficient (Wildman–Crippen LogP) is 12.2. The van der Waals surface area contributed by atoms with Crippen LogP contribution in [-0.4, -0.2) is 11.6 Å². The van der Waals surface area contributed by atoms with E-state index in [-0.39, 0.29) is 35.2 Å². The average Bonchev–Trinajstić information content (AvgIpc) is 2.97. The van der Waals surface area contributed by atoms with Gasteiger partial charge in [-0.1, -0.05) is 144 Å². The molecule has 0 atom stereocenters. The van der Waals surface area contributed by atoms with Gasteiger partial charge in [-0.2, -0.15) is 0 Å². The Morgan fingerprint density at radius 3 is 0.886 bits per heavy atom. The fraction of sp³-hybridized carbons (Fsp3) is 0.429. The quantitative estimate of drug-likeness (QED) is 0.155. The van der Waals surface area contributed by atoms with Crippen LogP contribution >= 0.6 is 0 Å². The van der Waals surface area contributed by atoms with Crippen molar-refractivity contribution < 1.29 is 9.59 Å². The molecule has 0 heterocycles. The molecule has 0 saturated carbocycles. The highest BCUT2D eigenvalue weighted by Crippen LogP contribution is 2.34. The lowest BCUT2D eigenvalue weighted by atomic mass is 9.82. The van der Waals surface area contributed by atoms with Gasteiger partial charge in [-0.25, -0.2) is 0 Å². The molecule has 0 aliphatic heterocycles. The van der Waals surface area contributed by atoms with Crippen LogP contribution < -0.4 is 0 Å². The molecule has 0 spiro atoms. The Bertz CT molecular complexity index is 1350. The van der Waals surface area contributed by atoms with Crippen molar-refractivity contribution in [2.24, 2.45) is 0 Å². The minimum Gasteiger partial charge on any atom is -0.289 e. The van der Waals surface area contributed by atoms with E-state index < -0.39 is 0 Å². The molecule has 3 aromatic carbocycles. The van der Waals surface area contributed by atoms with Gasteiger partial charge in [0.1, 0.15) is 0 Å². The Morgan fingerprint density at radius 2 is 0.682 bits per heavy atom. The second-order valence-electron chi connectivity index (χ2n) is 14.1. The first-order valence-electron chi connectivity index (χ1n) is 16.5. The third kappa shape index (κ3) is 8.35. The van der Waals surface area contributed by atoms with Gasteiger partial charge in [-0.15, -0.1) is 0 Å². The summed E-state index contributed by atoms with van der Waals surface area (Å²) in [5, 5.41) is 0. The smallest absolute Gasteiger partial charge is 0.186 e. The van der Waals surface area contributed by atoms with Crippen molar-refractivity contribution in [3.8, 4) is 0 Å². The number of ketones is 2. The summed E-state index contributed by atoms with van der Waals surface area (Å²) in [6.07, 6.45) is 7.20. The van der Waals surface area contributed by atoms with Crippen molar-refractivity contribution >= 4 is 23.7 Å². The molecule has 3 rings (SSSR count). The van der Waals surface area contributed by atoms with Crippen LogP contribution in [0.1, 0.15) is 184 Å². The molecule has 0 saturated heterocycles. The lowest BCUT2D eigenvalue weighted by Crippen LogP contribution is -2.10. The predicted molar refractivity (Wildman–Crippen MR) is 191 cm³/mol. The molecule has 0 unspecified atom stereocenters. The normalized spacial score (nSPS) is 12.4. The van der Waals surface area contributed by atoms with E-state index in [4.69, 9.17) is 0 Å². The van der Waals surface area contributed by atoms with E-state index in [0.29, 0.717) is 11.8 Å². The minimum absolute atomic E-state index is 0.0488. The summed E-state index contributed by atoms with van der Waals surface area (Å²) in [6, 6.07) is 16.9. The average molecular weight is 591 g/mol. The molecule has 0 bridgehead atoms. The van der Waals surface area contributed by atoms with Crippen molar-refractivity contribution in [3.05, 3.63) is 116 Å². The molecular formula is C42H54O2. The number of hydrogen-bond acceptors (Lipinski definition) is 2. The van der Waals surface area contributed by atoms with Gasteiger partial charge in [-0.3, -0.25) is 9.59 Å². The summed E-state index contributed by atoms with van der Waals surface area (Å²) in [7, 11) is 0. The molecule has 2 nitrogen and oxygen atoms in total. The van der Waals surface area contributed by atoms with E-state index in [1.807, 2.05) is 36.4 Å². The van der Waals surface area contributed by atoms with Gasteiger partial charge in [0.25, 0.3) is 0 Å². The number of allylic oxidation sites excluding steroid dienone is 2. The summed E-state index contributed by atoms with van der Waals surface area (Å²) < 4.78 is 0. The molecule has 0 aliphatic carbocycles. The van der Waals surface area contributed by atoms with Gasteiger partial charge in [0.05, 0.1) is 0 Å². The highest BCUT2D eigenvalue weighted by atomic mass is 16.1. The fourth-order valence-corrected chi connectivity index (χ4v) is 5.71. The third-order valence-corrected chi connectivity index (χ3v) is 8.55. The molecule has 0 aliphatic rings. The van der Waals surface area contributed by atoms with Crippen LogP contribution in [0.25, 0.3) is 12.2 Å². The molecule has 0 N–H and O–H groups in total. The maximum Gasteiger partial charge on any atom is 0.186 e. The number of hydrogen-bond donors (Lipinski definition) is 0. The lowest BCUT2D eigenvalue weighted by molar-refractivity contribution is 0.103. The summed E-state index contributed by atoms with van der Waals surface area (Å²) in [4.78, 5) is 27.2. The van der Waals surface area contributed by atoms with Crippen LogP contribution in [0.3, 0.4) is 0 Å². The van der Waals surface area contributed by atoms with E-state index in [2.05, 4.69) is 107 Å². The monoisotopic (exact) mass is 590 g/mol. The van der Waals surface area contributed by atoms with Crippen LogP contribution in [0.4, 0.5) is 0 Å². The van der Waals surface area contributed by atoms with Crippen LogP contribution in [0, 0.1) is 0 Å². The molecular weight excluding hydrogens is 536 g/mol. The Labute approximate surface area is 267 Å². The van der Waals surface area contributed by atoms with E-state index in [9.17, 15) is 9.59 Å². The Morgan fingerprint density at radius 1 is 0.432 bits per heavy atom. The number of carbonyl (C=O) groups excluding carboxylic acids is 2. The topological polar surface area (TPSA) is 34.1 Å². The van der Waals surface area contributed by atoms with E-state index in [0.717, 1.165) is 44.5 Å². The summed E-state index contributed by atoms with van der Waals surface area (Å²) >= 11 is 0. The van der Waals surface area contributed by atoms with Gasteiger partial charge >= 0.3 is 0 Å². The first kappa shape index (κ1) is 35.0. The standard InChI is InChI=1S/C42H54O2/c1-25(2)33-21-35(27(5)6)41(36(22-33)28(7)8)39(43)19-17-31-13-15-32(16-14-31)18-20-40(44)42-37(29(9)10)23-34(26(3)4)24-38(42)30(11)12/h13-30H,1-12H3. The molecule has 0 radical (unpaired) electrons.